The van der Waals surface area contributed by atoms with Crippen molar-refractivity contribution in [2.24, 2.45) is 16.0 Å². The van der Waals surface area contributed by atoms with Gasteiger partial charge >= 0.3 is 11.7 Å². The first-order chi connectivity index (χ1) is 51.9. The largest absolute Gasteiger partial charge is 0.768 e. The number of anilines is 8. The number of nitrogens with two attached hydrogens (primary N) is 4. The van der Waals surface area contributed by atoms with Gasteiger partial charge < -0.3 is 47.5 Å². The van der Waals surface area contributed by atoms with E-state index in [9.17, 15) is 50.7 Å². The molecule has 4 aliphatic carbocycles. The third-order valence-electron chi connectivity index (χ3n) is 16.3. The summed E-state index contributed by atoms with van der Waals surface area (Å²) >= 11 is 6.90. The molecule has 4 saturated carbocycles. The van der Waals surface area contributed by atoms with Crippen LogP contribution in [0.1, 0.15) is 139 Å². The third-order valence-corrected chi connectivity index (χ3v) is 23.7. The molecule has 0 amide bonds. The molecule has 9 aromatic heterocycles. The number of primary sulfonamides is 2. The van der Waals surface area contributed by atoms with E-state index in [2.05, 4.69) is 92.0 Å². The van der Waals surface area contributed by atoms with Gasteiger partial charge in [-0.05, 0) is 150 Å². The molecule has 4 fully saturated rings. The number of aromatic amines is 3. The van der Waals surface area contributed by atoms with E-state index in [0.717, 1.165) is 106 Å². The number of nitrogen functional groups attached to an aromatic ring is 1. The molecule has 0 spiro atoms. The van der Waals surface area contributed by atoms with Gasteiger partial charge in [0.25, 0.3) is 0 Å². The number of hydrogen-bond donors (Lipinski definition) is 13. The second kappa shape index (κ2) is 31.7. The summed E-state index contributed by atoms with van der Waals surface area (Å²) in [5.74, 6) is 4.78. The van der Waals surface area contributed by atoms with Gasteiger partial charge in [0.05, 0.1) is 46.5 Å². The van der Waals surface area contributed by atoms with Crippen molar-refractivity contribution in [3.8, 4) is 49.0 Å². The van der Waals surface area contributed by atoms with E-state index in [0.29, 0.717) is 107 Å². The predicted octanol–water partition coefficient (Wildman–Crippen LogP) is 13.3. The molecule has 17 N–H and O–H groups in total. The molecule has 0 radical (unpaired) electrons. The summed E-state index contributed by atoms with van der Waals surface area (Å²) in [6.07, 6.45) is 10.7. The second-order valence-electron chi connectivity index (χ2n) is 26.5. The molecule has 109 heavy (non-hydrogen) atoms. The number of aromatic nitrogens is 14. The fraction of sp³-hybridized carbons (Fsp3) is 0.235. The molecule has 34 nitrogen and oxygen atoms in total. The van der Waals surface area contributed by atoms with E-state index < -0.39 is 42.0 Å². The number of aromatic carboxylic acids is 1. The minimum absolute atomic E-state index is 0. The van der Waals surface area contributed by atoms with Crippen LogP contribution in [0.5, 0.6) is 5.75 Å². The summed E-state index contributed by atoms with van der Waals surface area (Å²) < 4.78 is 68.0. The molecule has 2 bridgehead atoms. The predicted molar refractivity (Wildman–Crippen MR) is 421 cm³/mol. The van der Waals surface area contributed by atoms with Crippen molar-refractivity contribution in [3.05, 3.63) is 172 Å². The van der Waals surface area contributed by atoms with Crippen molar-refractivity contribution in [1.29, 1.82) is 0 Å². The highest BCUT2D eigenvalue weighted by Crippen LogP contribution is 2.45. The highest BCUT2D eigenvalue weighted by molar-refractivity contribution is 7.91. The van der Waals surface area contributed by atoms with Crippen LogP contribution in [0.3, 0.4) is 0 Å². The number of sulfonamides is 2. The lowest BCUT2D eigenvalue weighted by Gasteiger charge is -2.09. The van der Waals surface area contributed by atoms with Crippen molar-refractivity contribution >= 4 is 151 Å². The Hall–Kier alpha value is -10.9. The number of aromatic hydroxyl groups is 1. The zero-order chi connectivity index (χ0) is 77.2. The van der Waals surface area contributed by atoms with E-state index in [4.69, 9.17) is 33.3 Å². The number of pyridine rings is 2. The molecule has 3 aliphatic heterocycles. The van der Waals surface area contributed by atoms with E-state index in [-0.39, 0.29) is 57.0 Å². The maximum atomic E-state index is 11.4. The number of hydrogen-bond acceptors (Lipinski definition) is 30. The molecule has 17 rings (SSSR count). The normalized spacial score (nSPS) is 14.7. The van der Waals surface area contributed by atoms with Crippen molar-refractivity contribution in [2.75, 3.05) is 27.0 Å². The molecule has 41 heteroatoms. The number of carboxylic acids is 1. The lowest BCUT2D eigenvalue weighted by Crippen LogP contribution is -2.26. The molecule has 12 heterocycles. The van der Waals surface area contributed by atoms with Crippen LogP contribution in [0.25, 0.3) is 59.0 Å². The Balaban J connectivity index is 0.000000154. The Kier molecular flexibility index (Phi) is 22.2. The van der Waals surface area contributed by atoms with E-state index >= 15 is 0 Å². The molecule has 10 aromatic rings. The van der Waals surface area contributed by atoms with Gasteiger partial charge in [-0.1, -0.05) is 35.9 Å². The van der Waals surface area contributed by atoms with Gasteiger partial charge in [0.15, 0.2) is 46.4 Å². The Bertz CT molecular complexity index is 5800. The van der Waals surface area contributed by atoms with E-state index in [1.54, 1.807) is 48.7 Å². The van der Waals surface area contributed by atoms with Gasteiger partial charge in [0.2, 0.25) is 25.9 Å². The summed E-state index contributed by atoms with van der Waals surface area (Å²) in [6.45, 7) is 5.90. The summed E-state index contributed by atoms with van der Waals surface area (Å²) in [4.78, 5) is 50.0. The number of H-pyrrole nitrogens is 3. The number of thiophene rings is 3. The fourth-order valence-corrected chi connectivity index (χ4v) is 15.4. The van der Waals surface area contributed by atoms with Gasteiger partial charge in [0, 0.05) is 103 Å². The number of benzene rings is 1. The molecular weight excluding hydrogens is 1540 g/mol. The van der Waals surface area contributed by atoms with Gasteiger partial charge in [0.1, 0.15) is 30.8 Å². The van der Waals surface area contributed by atoms with Crippen LogP contribution in [0, 0.1) is 10.1 Å². The average molecular weight is 1620 g/mol. The number of nitro groups is 1. The minimum atomic E-state index is -3.82. The number of fused-ring (bicyclic) bond motifs is 5. The van der Waals surface area contributed by atoms with E-state index in [1.807, 2.05) is 63.2 Å². The van der Waals surface area contributed by atoms with Gasteiger partial charge in [-0.25, -0.2) is 61.8 Å². The van der Waals surface area contributed by atoms with Gasteiger partial charge in [-0.3, -0.25) is 29.6 Å². The fourth-order valence-electron chi connectivity index (χ4n) is 10.5. The Labute approximate surface area is 644 Å². The van der Waals surface area contributed by atoms with Crippen LogP contribution < -0.4 is 43.0 Å². The summed E-state index contributed by atoms with van der Waals surface area (Å²) in [7, 11) is -7.54. The van der Waals surface area contributed by atoms with Crippen LogP contribution in [-0.4, -0.2) is 123 Å². The molecule has 0 saturated heterocycles. The maximum Gasteiger partial charge on any atom is 0.354 e. The average Bonchev–Trinajstić information content (AvgIpc) is 1.56. The van der Waals surface area contributed by atoms with Crippen molar-refractivity contribution in [2.45, 2.75) is 114 Å². The number of nitrogens with zero attached hydrogens (tertiary/aromatic N) is 12. The minimum Gasteiger partial charge on any atom is -0.768 e. The Morgan fingerprint density at radius 2 is 1.15 bits per heavy atom. The first-order valence-corrected chi connectivity index (χ1v) is 40.3. The van der Waals surface area contributed by atoms with Crippen LogP contribution in [0.2, 0.25) is 0 Å². The van der Waals surface area contributed by atoms with Crippen molar-refractivity contribution in [1.82, 2.24) is 70.7 Å². The number of halogens is 1. The van der Waals surface area contributed by atoms with Crippen LogP contribution >= 0.6 is 45.6 Å². The highest BCUT2D eigenvalue weighted by Gasteiger charge is 2.32. The monoisotopic (exact) mass is 1610 g/mol. The topological polar surface area (TPSA) is 550 Å². The zero-order valence-corrected chi connectivity index (χ0v) is 63.3. The summed E-state index contributed by atoms with van der Waals surface area (Å²) in [6, 6.07) is 33.2. The van der Waals surface area contributed by atoms with Crippen LogP contribution in [-0.2, 0) is 31.1 Å². The van der Waals surface area contributed by atoms with Gasteiger partial charge in [-0.15, -0.1) is 39.1 Å². The van der Waals surface area contributed by atoms with Crippen molar-refractivity contribution in [3.63, 3.8) is 0 Å². The second-order valence-corrected chi connectivity index (χ2v) is 34.9. The first kappa shape index (κ1) is 76.3. The highest BCUT2D eigenvalue weighted by atomic mass is 35.5. The Morgan fingerprint density at radius 3 is 1.66 bits per heavy atom. The quantitative estimate of drug-likeness (QED) is 0.0215. The summed E-state index contributed by atoms with van der Waals surface area (Å²) in [5.41, 5.74) is 17.2. The van der Waals surface area contributed by atoms with Crippen LogP contribution in [0.15, 0.2) is 140 Å². The molecule has 7 aliphatic rings. The molecule has 1 atom stereocenters. The van der Waals surface area contributed by atoms with Gasteiger partial charge in [-0.2, -0.15) is 20.4 Å². The molecular formula is C68H73ClN23O11S6-. The van der Waals surface area contributed by atoms with E-state index in [1.165, 1.54) is 49.2 Å². The standard InChI is InChI=1S/C19H14ClN5O.C15H14N6O4S2.C15H16N6O2S2.C15H13N5O4S2.C4H11N.3H2/c20-14-9-21-17-12-4-2-1-3-11(12)15(26)8-7-13-16(10-5-6-10)24-25-18(13)23-19(14)22-17;16-27(24,25)14-6-5-12(26-14)9-3-4-11(21(22)23)15(17-9)18-13-7-10(19-20-13)8-1-2-8;16-9-3-4-10(12-5-6-14(24-12)25(17,22)23)18-15(9)19-13-7-11(20-21-13)8-1-2-8;21-15(22)9-6-11(17-12-5-8(19-20-12)7-1-2-7)18-14(16-9)10-3-4-13(25-10)26(23)24;1-4(2,3)5;;;/h1-4,7-10,26H,5-6H2,(H,21,22,23,25);3-8H,1-2H2,(H2,16,24,25)(H2,17,18,19,20);3-8H,1-2,16H2,(H2,17,22,23)(H2,18,19,20,21);3-7H,1-2H2,(H,21,22)(H,23,24)(H2,16,17,18,19,20);5H2,1-3H3;3*1H/p-1. The summed E-state index contributed by atoms with van der Waals surface area (Å²) in [5, 5.41) is 85.3. The molecule has 1 aromatic carbocycles. The first-order valence-electron chi connectivity index (χ1n) is 33.3. The Morgan fingerprint density at radius 1 is 0.624 bits per heavy atom. The lowest BCUT2D eigenvalue weighted by atomic mass is 10.1. The zero-order valence-electron chi connectivity index (χ0n) is 57.7. The SMILES string of the molecule is CC(C)(C)N.NS(=O)(=O)c1ccc(-c2ccc([N+](=O)[O-])c(Nc3cc(C4CC4)[nH]n3)n2)s1.Nc1ccc(-c2ccc(S(N)(=O)=O)s2)nc1Nc1cc(C2CC2)[nH]n1.O=C(O)c1cc(Nc2cc(C3CC3)[nH]n2)nc(-c2ccc(S(=O)[O-])s2)n1.Oc1ccc2c(C3CC3)nnc-2nc2nc(c3ccccc13)NC=C2Cl.[HH].[HH].[HH]. The maximum absolute atomic E-state index is 11.4. The number of carboxylic acid groups (broad SMARTS) is 1. The smallest absolute Gasteiger partial charge is 0.354 e. The van der Waals surface area contributed by atoms with Crippen molar-refractivity contribution < 1.29 is 49.8 Å². The van der Waals surface area contributed by atoms with Crippen LogP contribution in [0.4, 0.5) is 52.1 Å². The number of rotatable bonds is 18. The molecule has 1 unspecified atom stereocenters. The third kappa shape index (κ3) is 19.7. The molecule has 570 valence electrons. The number of carbonyl (C=O) groups is 1. The number of nitrogens with one attached hydrogen (secondary N) is 7. The lowest BCUT2D eigenvalue weighted by molar-refractivity contribution is -0.384.